The van der Waals surface area contributed by atoms with E-state index in [-0.39, 0.29) is 11.4 Å². The Hall–Kier alpha value is -4.92. The molecule has 0 unspecified atom stereocenters. The van der Waals surface area contributed by atoms with Gasteiger partial charge in [-0.1, -0.05) is 36.4 Å². The van der Waals surface area contributed by atoms with E-state index < -0.39 is 0 Å². The van der Waals surface area contributed by atoms with Crippen molar-refractivity contribution in [3.05, 3.63) is 95.8 Å². The van der Waals surface area contributed by atoms with Crippen molar-refractivity contribution in [1.82, 2.24) is 9.55 Å². The van der Waals surface area contributed by atoms with Crippen LogP contribution < -0.4 is 0 Å². The number of hydrogen-bond donors (Lipinski definition) is 0. The second-order valence-corrected chi connectivity index (χ2v) is 7.03. The highest BCUT2D eigenvalue weighted by molar-refractivity contribution is 6.10. The van der Waals surface area contributed by atoms with Crippen LogP contribution >= 0.6 is 0 Å². The molecule has 0 aliphatic heterocycles. The van der Waals surface area contributed by atoms with Crippen LogP contribution in [0.2, 0.25) is 0 Å². The molecule has 2 aromatic heterocycles. The van der Waals surface area contributed by atoms with Crippen LogP contribution in [-0.2, 0) is 0 Å². The maximum Gasteiger partial charge on any atom is 0.149 e. The van der Waals surface area contributed by atoms with E-state index in [1.165, 1.54) is 0 Å². The van der Waals surface area contributed by atoms with Gasteiger partial charge < -0.3 is 4.57 Å². The van der Waals surface area contributed by atoms with Gasteiger partial charge in [0.1, 0.15) is 23.5 Å². The van der Waals surface area contributed by atoms with Gasteiger partial charge >= 0.3 is 0 Å². The molecule has 142 valence electrons. The molecule has 3 aromatic carbocycles. The summed E-state index contributed by atoms with van der Waals surface area (Å²) in [4.78, 5) is 4.19. The molecule has 0 fully saturated rings. The molecule has 0 aliphatic carbocycles. The highest BCUT2D eigenvalue weighted by Crippen LogP contribution is 2.37. The third kappa shape index (κ3) is 2.80. The molecule has 0 bridgehead atoms. The fourth-order valence-corrected chi connectivity index (χ4v) is 4.02. The van der Waals surface area contributed by atoms with Crippen LogP contribution in [0.5, 0.6) is 0 Å². The van der Waals surface area contributed by atoms with Gasteiger partial charge in [-0.05, 0) is 42.5 Å². The van der Waals surface area contributed by atoms with Crippen molar-refractivity contribution < 1.29 is 0 Å². The Morgan fingerprint density at radius 2 is 1.42 bits per heavy atom. The van der Waals surface area contributed by atoms with Crippen LogP contribution in [0.15, 0.2) is 78.9 Å². The minimum atomic E-state index is 0.207. The molecule has 0 aliphatic rings. The largest absolute Gasteiger partial charge is 0.309 e. The highest BCUT2D eigenvalue weighted by atomic mass is 15.0. The van der Waals surface area contributed by atoms with Crippen molar-refractivity contribution >= 4 is 21.8 Å². The van der Waals surface area contributed by atoms with Crippen molar-refractivity contribution in [2.45, 2.75) is 0 Å². The van der Waals surface area contributed by atoms with Crippen LogP contribution in [0.3, 0.4) is 0 Å². The van der Waals surface area contributed by atoms with Crippen molar-refractivity contribution in [2.75, 3.05) is 0 Å². The molecule has 5 rings (SSSR count). The maximum atomic E-state index is 9.66. The lowest BCUT2D eigenvalue weighted by Gasteiger charge is -2.14. The Morgan fingerprint density at radius 3 is 2.23 bits per heavy atom. The standard InChI is InChI=1S/C26H13N5/c27-14-17-9-12-26-22(13-17)21-6-2-4-8-25(21)31(26)24-7-3-1-5-20(24)19-11-10-18(15-28)30-23(19)16-29/h1-13H. The van der Waals surface area contributed by atoms with Gasteiger partial charge in [0.05, 0.1) is 28.4 Å². The first-order valence-electron chi connectivity index (χ1n) is 9.59. The molecular formula is C26H13N5. The summed E-state index contributed by atoms with van der Waals surface area (Å²) >= 11 is 0. The van der Waals surface area contributed by atoms with Crippen LogP contribution in [-0.4, -0.2) is 9.55 Å². The molecule has 5 aromatic rings. The van der Waals surface area contributed by atoms with E-state index >= 15 is 0 Å². The van der Waals surface area contributed by atoms with E-state index in [0.717, 1.165) is 33.1 Å². The zero-order valence-electron chi connectivity index (χ0n) is 16.2. The van der Waals surface area contributed by atoms with E-state index in [1.54, 1.807) is 12.1 Å². The lowest BCUT2D eigenvalue weighted by molar-refractivity contribution is 1.17. The topological polar surface area (TPSA) is 89.2 Å². The molecule has 5 nitrogen and oxygen atoms in total. The molecule has 0 N–H and O–H groups in total. The molecule has 0 amide bonds. The second-order valence-electron chi connectivity index (χ2n) is 7.03. The molecule has 0 radical (unpaired) electrons. The average molecular weight is 395 g/mol. The minimum Gasteiger partial charge on any atom is -0.309 e. The van der Waals surface area contributed by atoms with Crippen molar-refractivity contribution in [3.63, 3.8) is 0 Å². The molecule has 0 saturated carbocycles. The van der Waals surface area contributed by atoms with Crippen LogP contribution in [0, 0.1) is 34.0 Å². The number of pyridine rings is 1. The third-order valence-corrected chi connectivity index (χ3v) is 5.35. The fraction of sp³-hybridized carbons (Fsp3) is 0. The zero-order chi connectivity index (χ0) is 21.4. The van der Waals surface area contributed by atoms with Crippen LogP contribution in [0.4, 0.5) is 0 Å². The van der Waals surface area contributed by atoms with E-state index in [4.69, 9.17) is 5.26 Å². The minimum absolute atomic E-state index is 0.207. The van der Waals surface area contributed by atoms with E-state index in [0.29, 0.717) is 11.1 Å². The van der Waals surface area contributed by atoms with Crippen molar-refractivity contribution in [3.8, 4) is 35.0 Å². The number of para-hydroxylation sites is 2. The zero-order valence-corrected chi connectivity index (χ0v) is 16.2. The molecule has 0 atom stereocenters. The summed E-state index contributed by atoms with van der Waals surface area (Å²) in [6.07, 6.45) is 0. The van der Waals surface area contributed by atoms with Gasteiger partial charge in [0, 0.05) is 21.9 Å². The molecule has 5 heteroatoms. The van der Waals surface area contributed by atoms with E-state index in [2.05, 4.69) is 21.7 Å². The number of nitrogens with zero attached hydrogens (tertiary/aromatic N) is 5. The number of aromatic nitrogens is 2. The first-order chi connectivity index (χ1) is 15.2. The van der Waals surface area contributed by atoms with Crippen LogP contribution in [0.1, 0.15) is 17.0 Å². The normalized spacial score (nSPS) is 10.5. The second kappa shape index (κ2) is 7.16. The summed E-state index contributed by atoms with van der Waals surface area (Å²) in [5.41, 5.74) is 5.37. The first-order valence-corrected chi connectivity index (χ1v) is 9.59. The summed E-state index contributed by atoms with van der Waals surface area (Å²) in [5, 5.41) is 30.2. The van der Waals surface area contributed by atoms with Gasteiger partial charge in [-0.25, -0.2) is 4.98 Å². The first kappa shape index (κ1) is 18.1. The van der Waals surface area contributed by atoms with Gasteiger partial charge in [-0.3, -0.25) is 0 Å². The molecule has 2 heterocycles. The Balaban J connectivity index is 1.88. The van der Waals surface area contributed by atoms with Gasteiger partial charge in [-0.2, -0.15) is 15.8 Å². The summed E-state index contributed by atoms with van der Waals surface area (Å²) in [6.45, 7) is 0. The van der Waals surface area contributed by atoms with E-state index in [1.807, 2.05) is 72.8 Å². The monoisotopic (exact) mass is 395 g/mol. The summed E-state index contributed by atoms with van der Waals surface area (Å²) in [5.74, 6) is 0. The smallest absolute Gasteiger partial charge is 0.149 e. The Kier molecular flexibility index (Phi) is 4.19. The Bertz CT molecular complexity index is 1620. The predicted octanol–water partition coefficient (Wildman–Crippen LogP) is 5.46. The SMILES string of the molecule is N#Cc1ccc2c(c1)c1ccccc1n2-c1ccccc1-c1ccc(C#N)nc1C#N. The maximum absolute atomic E-state index is 9.66. The third-order valence-electron chi connectivity index (χ3n) is 5.35. The molecular weight excluding hydrogens is 382 g/mol. The quantitative estimate of drug-likeness (QED) is 0.397. The summed E-state index contributed by atoms with van der Waals surface area (Å²) < 4.78 is 2.14. The summed E-state index contributed by atoms with van der Waals surface area (Å²) in [7, 11) is 0. The highest BCUT2D eigenvalue weighted by Gasteiger charge is 2.17. The molecule has 0 saturated heterocycles. The van der Waals surface area contributed by atoms with Gasteiger partial charge in [0.15, 0.2) is 0 Å². The Labute approximate surface area is 178 Å². The van der Waals surface area contributed by atoms with Gasteiger partial charge in [0.2, 0.25) is 0 Å². The predicted molar refractivity (Wildman–Crippen MR) is 118 cm³/mol. The lowest BCUT2D eigenvalue weighted by Crippen LogP contribution is -1.99. The average Bonchev–Trinajstić information content (AvgIpc) is 3.17. The fourth-order valence-electron chi connectivity index (χ4n) is 4.02. The van der Waals surface area contributed by atoms with E-state index in [9.17, 15) is 10.5 Å². The number of hydrogen-bond acceptors (Lipinski definition) is 4. The number of benzene rings is 3. The molecule has 31 heavy (non-hydrogen) atoms. The van der Waals surface area contributed by atoms with Gasteiger partial charge in [-0.15, -0.1) is 0 Å². The number of rotatable bonds is 2. The van der Waals surface area contributed by atoms with Gasteiger partial charge in [0.25, 0.3) is 0 Å². The van der Waals surface area contributed by atoms with Crippen molar-refractivity contribution in [1.29, 1.82) is 15.8 Å². The molecule has 0 spiro atoms. The summed E-state index contributed by atoms with van der Waals surface area (Å²) in [6, 6.07) is 31.2. The van der Waals surface area contributed by atoms with Crippen LogP contribution in [0.25, 0.3) is 38.6 Å². The number of fused-ring (bicyclic) bond motifs is 3. The van der Waals surface area contributed by atoms with Crippen molar-refractivity contribution in [2.24, 2.45) is 0 Å². The number of nitriles is 3. The Morgan fingerprint density at radius 1 is 0.645 bits per heavy atom. The lowest BCUT2D eigenvalue weighted by atomic mass is 10.0.